The number of nitrogens with two attached hydrogens (primary N) is 1. The van der Waals surface area contributed by atoms with Crippen LogP contribution >= 0.6 is 0 Å². The standard InChI is InChI=1S/C23H19F2N3O4/c1-27-23(31)20(15-6-11-18(24)19(25)12-15)28-22(30)14-4-9-17(10-5-14)32-16-7-2-13(3-8-16)21(26)29/h2-12,20H,1H3,(H2,26,29)(H,27,31)(H,28,30). The zero-order valence-corrected chi connectivity index (χ0v) is 16.9. The summed E-state index contributed by atoms with van der Waals surface area (Å²) in [7, 11) is 1.36. The van der Waals surface area contributed by atoms with Crippen LogP contribution in [-0.4, -0.2) is 24.8 Å². The van der Waals surface area contributed by atoms with Gasteiger partial charge in [0, 0.05) is 18.2 Å². The Balaban J connectivity index is 1.72. The van der Waals surface area contributed by atoms with Crippen molar-refractivity contribution in [3.05, 3.63) is 95.1 Å². The Morgan fingerprint density at radius 3 is 1.91 bits per heavy atom. The van der Waals surface area contributed by atoms with Crippen LogP contribution in [0.15, 0.2) is 66.7 Å². The van der Waals surface area contributed by atoms with Gasteiger partial charge in [0.1, 0.15) is 17.5 Å². The minimum atomic E-state index is -1.22. The fourth-order valence-corrected chi connectivity index (χ4v) is 2.85. The van der Waals surface area contributed by atoms with Crippen molar-refractivity contribution >= 4 is 17.7 Å². The summed E-state index contributed by atoms with van der Waals surface area (Å²) in [5.41, 5.74) is 5.85. The van der Waals surface area contributed by atoms with Gasteiger partial charge in [0.15, 0.2) is 11.6 Å². The van der Waals surface area contributed by atoms with Crippen molar-refractivity contribution in [3.8, 4) is 11.5 Å². The largest absolute Gasteiger partial charge is 0.457 e. The maximum absolute atomic E-state index is 13.6. The van der Waals surface area contributed by atoms with Crippen LogP contribution < -0.4 is 21.1 Å². The quantitative estimate of drug-likeness (QED) is 0.525. The molecule has 3 aromatic rings. The van der Waals surface area contributed by atoms with Crippen LogP contribution in [-0.2, 0) is 4.79 Å². The number of rotatable bonds is 7. The molecule has 3 amide bonds. The summed E-state index contributed by atoms with van der Waals surface area (Å²) < 4.78 is 32.5. The number of ether oxygens (including phenoxy) is 1. The number of nitrogens with one attached hydrogen (secondary N) is 2. The van der Waals surface area contributed by atoms with Crippen molar-refractivity contribution in [3.63, 3.8) is 0 Å². The van der Waals surface area contributed by atoms with Gasteiger partial charge in [-0.1, -0.05) is 6.07 Å². The molecule has 7 nitrogen and oxygen atoms in total. The summed E-state index contributed by atoms with van der Waals surface area (Å²) in [5.74, 6) is -3.04. The third kappa shape index (κ3) is 5.25. The van der Waals surface area contributed by atoms with Gasteiger partial charge in [-0.15, -0.1) is 0 Å². The number of carbonyl (C=O) groups is 3. The molecule has 0 aliphatic heterocycles. The van der Waals surface area contributed by atoms with Gasteiger partial charge in [0.25, 0.3) is 5.91 Å². The summed E-state index contributed by atoms with van der Waals surface area (Å²) in [5, 5.41) is 4.89. The van der Waals surface area contributed by atoms with Crippen LogP contribution in [0.2, 0.25) is 0 Å². The second kappa shape index (κ2) is 9.69. The second-order valence-electron chi connectivity index (χ2n) is 6.71. The van der Waals surface area contributed by atoms with E-state index in [4.69, 9.17) is 10.5 Å². The SMILES string of the molecule is CNC(=O)C(NC(=O)c1ccc(Oc2ccc(C(N)=O)cc2)cc1)c1ccc(F)c(F)c1. The van der Waals surface area contributed by atoms with Crippen molar-refractivity contribution in [2.45, 2.75) is 6.04 Å². The first kappa shape index (κ1) is 22.4. The first-order valence-electron chi connectivity index (χ1n) is 9.43. The van der Waals surface area contributed by atoms with E-state index in [9.17, 15) is 23.2 Å². The molecule has 1 unspecified atom stereocenters. The number of carbonyl (C=O) groups excluding carboxylic acids is 3. The van der Waals surface area contributed by atoms with Gasteiger partial charge in [-0.2, -0.15) is 0 Å². The summed E-state index contributed by atoms with van der Waals surface area (Å²) in [4.78, 5) is 36.0. The van der Waals surface area contributed by atoms with E-state index < -0.39 is 35.4 Å². The van der Waals surface area contributed by atoms with Crippen LogP contribution in [0.4, 0.5) is 8.78 Å². The number of halogens is 2. The van der Waals surface area contributed by atoms with Gasteiger partial charge >= 0.3 is 0 Å². The van der Waals surface area contributed by atoms with E-state index in [1.165, 1.54) is 37.4 Å². The van der Waals surface area contributed by atoms with E-state index in [1.807, 2.05) is 0 Å². The van der Waals surface area contributed by atoms with Crippen LogP contribution in [0.1, 0.15) is 32.3 Å². The molecule has 0 aliphatic rings. The molecular weight excluding hydrogens is 420 g/mol. The Hall–Kier alpha value is -4.27. The fourth-order valence-electron chi connectivity index (χ4n) is 2.85. The lowest BCUT2D eigenvalue weighted by Crippen LogP contribution is -2.39. The number of hydrogen-bond acceptors (Lipinski definition) is 4. The summed E-state index contributed by atoms with van der Waals surface area (Å²) in [6.07, 6.45) is 0. The fraction of sp³-hybridized carbons (Fsp3) is 0.0870. The number of hydrogen-bond donors (Lipinski definition) is 3. The highest BCUT2D eigenvalue weighted by Crippen LogP contribution is 2.23. The Kier molecular flexibility index (Phi) is 6.79. The third-order valence-electron chi connectivity index (χ3n) is 4.55. The van der Waals surface area contributed by atoms with Crippen molar-refractivity contribution in [1.82, 2.24) is 10.6 Å². The molecule has 32 heavy (non-hydrogen) atoms. The van der Waals surface area contributed by atoms with Crippen LogP contribution in [0.3, 0.4) is 0 Å². The molecule has 164 valence electrons. The first-order chi connectivity index (χ1) is 15.3. The predicted molar refractivity (Wildman–Crippen MR) is 112 cm³/mol. The van der Waals surface area contributed by atoms with E-state index in [-0.39, 0.29) is 11.1 Å². The molecule has 3 aromatic carbocycles. The highest BCUT2D eigenvalue weighted by Gasteiger charge is 2.23. The highest BCUT2D eigenvalue weighted by atomic mass is 19.2. The molecule has 0 saturated carbocycles. The minimum absolute atomic E-state index is 0.0935. The van der Waals surface area contributed by atoms with Crippen LogP contribution in [0.25, 0.3) is 0 Å². The maximum atomic E-state index is 13.6. The lowest BCUT2D eigenvalue weighted by atomic mass is 10.0. The molecule has 1 atom stereocenters. The highest BCUT2D eigenvalue weighted by molar-refractivity contribution is 5.98. The molecule has 0 heterocycles. The van der Waals surface area contributed by atoms with Crippen molar-refractivity contribution < 1.29 is 27.9 Å². The number of amides is 3. The molecule has 0 bridgehead atoms. The molecule has 3 rings (SSSR count). The molecule has 0 saturated heterocycles. The smallest absolute Gasteiger partial charge is 0.252 e. The number of benzene rings is 3. The molecule has 0 aromatic heterocycles. The average molecular weight is 439 g/mol. The van der Waals surface area contributed by atoms with Crippen molar-refractivity contribution in [2.24, 2.45) is 5.73 Å². The Labute approximate surface area is 182 Å². The second-order valence-corrected chi connectivity index (χ2v) is 6.71. The lowest BCUT2D eigenvalue weighted by molar-refractivity contribution is -0.122. The molecule has 0 radical (unpaired) electrons. The zero-order chi connectivity index (χ0) is 23.3. The molecule has 0 spiro atoms. The van der Waals surface area contributed by atoms with E-state index in [0.717, 1.165) is 12.1 Å². The van der Waals surface area contributed by atoms with Gasteiger partial charge in [0.2, 0.25) is 11.8 Å². The molecular formula is C23H19F2N3O4. The van der Waals surface area contributed by atoms with E-state index in [2.05, 4.69) is 10.6 Å². The van der Waals surface area contributed by atoms with Gasteiger partial charge in [-0.05, 0) is 66.2 Å². The normalized spacial score (nSPS) is 11.3. The summed E-state index contributed by atoms with van der Waals surface area (Å²) in [6, 6.07) is 14.0. The van der Waals surface area contributed by atoms with E-state index in [1.54, 1.807) is 24.3 Å². The first-order valence-corrected chi connectivity index (χ1v) is 9.43. The van der Waals surface area contributed by atoms with E-state index >= 15 is 0 Å². The molecule has 0 fully saturated rings. The Morgan fingerprint density at radius 2 is 1.41 bits per heavy atom. The molecule has 0 aliphatic carbocycles. The van der Waals surface area contributed by atoms with Gasteiger partial charge in [0.05, 0.1) is 0 Å². The molecule has 4 N–H and O–H groups in total. The number of likely N-dealkylation sites (N-methyl/N-ethyl adjacent to an activating group) is 1. The monoisotopic (exact) mass is 439 g/mol. The van der Waals surface area contributed by atoms with Gasteiger partial charge < -0.3 is 21.1 Å². The topological polar surface area (TPSA) is 111 Å². The summed E-state index contributed by atoms with van der Waals surface area (Å²) >= 11 is 0. The van der Waals surface area contributed by atoms with Crippen molar-refractivity contribution in [2.75, 3.05) is 7.05 Å². The average Bonchev–Trinajstić information content (AvgIpc) is 2.79. The lowest BCUT2D eigenvalue weighted by Gasteiger charge is -2.18. The van der Waals surface area contributed by atoms with Gasteiger partial charge in [-0.25, -0.2) is 8.78 Å². The number of primary amides is 1. The minimum Gasteiger partial charge on any atom is -0.457 e. The third-order valence-corrected chi connectivity index (χ3v) is 4.55. The summed E-state index contributed by atoms with van der Waals surface area (Å²) in [6.45, 7) is 0. The van der Waals surface area contributed by atoms with Gasteiger partial charge in [-0.3, -0.25) is 14.4 Å². The van der Waals surface area contributed by atoms with Crippen molar-refractivity contribution in [1.29, 1.82) is 0 Å². The zero-order valence-electron chi connectivity index (χ0n) is 16.9. The predicted octanol–water partition coefficient (Wildman–Crippen LogP) is 3.07. The van der Waals surface area contributed by atoms with Crippen LogP contribution in [0, 0.1) is 11.6 Å². The molecule has 9 heteroatoms. The Morgan fingerprint density at radius 1 is 0.844 bits per heavy atom. The Bertz CT molecular complexity index is 1150. The maximum Gasteiger partial charge on any atom is 0.252 e. The van der Waals surface area contributed by atoms with Crippen LogP contribution in [0.5, 0.6) is 11.5 Å². The van der Waals surface area contributed by atoms with E-state index in [0.29, 0.717) is 17.1 Å².